The van der Waals surface area contributed by atoms with Gasteiger partial charge < -0.3 is 9.84 Å². The average Bonchev–Trinajstić information content (AvgIpc) is 3.20. The predicted molar refractivity (Wildman–Crippen MR) is 89.0 cm³/mol. The van der Waals surface area contributed by atoms with Gasteiger partial charge in [0.05, 0.1) is 18.0 Å². The fourth-order valence-electron chi connectivity index (χ4n) is 3.35. The van der Waals surface area contributed by atoms with E-state index >= 15 is 0 Å². The van der Waals surface area contributed by atoms with Gasteiger partial charge in [-0.2, -0.15) is 23.3 Å². The molecule has 1 aromatic heterocycles. The minimum absolute atomic E-state index is 0.0102. The van der Waals surface area contributed by atoms with Gasteiger partial charge in [-0.15, -0.1) is 0 Å². The van der Waals surface area contributed by atoms with Crippen molar-refractivity contribution in [1.29, 1.82) is 0 Å². The molecule has 2 aliphatic heterocycles. The molecular weight excluding hydrogens is 382 g/mol. The Labute approximate surface area is 156 Å². The molecule has 10 heteroatoms. The zero-order valence-electron chi connectivity index (χ0n) is 14.4. The maximum atomic E-state index is 13.6. The Morgan fingerprint density at radius 3 is 2.57 bits per heavy atom. The number of aryl methyl sites for hydroxylation is 1. The molecule has 2 aromatic rings. The molecule has 0 radical (unpaired) electrons. The molecule has 146 valence electrons. The number of nitrogens with zero attached hydrogens (tertiary/aromatic N) is 3. The van der Waals surface area contributed by atoms with Crippen molar-refractivity contribution in [2.45, 2.75) is 25.8 Å². The summed E-state index contributed by atoms with van der Waals surface area (Å²) >= 11 is 0. The number of alkyl halides is 3. The molecular formula is C18H13F4N3O3. The number of pyridine rings is 1. The molecule has 0 saturated carbocycles. The van der Waals surface area contributed by atoms with E-state index in [2.05, 4.69) is 10.1 Å². The van der Waals surface area contributed by atoms with Crippen LogP contribution in [0.15, 0.2) is 35.6 Å². The van der Waals surface area contributed by atoms with E-state index in [0.717, 1.165) is 24.3 Å². The van der Waals surface area contributed by atoms with Crippen molar-refractivity contribution in [3.05, 3.63) is 53.1 Å². The maximum Gasteiger partial charge on any atom is 0.432 e. The van der Waals surface area contributed by atoms with Crippen molar-refractivity contribution in [2.75, 3.05) is 5.01 Å². The smallest absolute Gasteiger partial charge is 0.432 e. The molecule has 3 heterocycles. The Hall–Kier alpha value is -3.01. The van der Waals surface area contributed by atoms with Crippen molar-refractivity contribution >= 4 is 17.3 Å². The lowest BCUT2D eigenvalue weighted by Crippen LogP contribution is -2.37. The van der Waals surface area contributed by atoms with Crippen LogP contribution in [0.5, 0.6) is 5.75 Å². The van der Waals surface area contributed by atoms with Crippen LogP contribution in [0.2, 0.25) is 0 Å². The first kappa shape index (κ1) is 18.4. The Morgan fingerprint density at radius 1 is 1.25 bits per heavy atom. The third-order valence-corrected chi connectivity index (χ3v) is 4.70. The normalized spacial score (nSPS) is 21.8. The molecule has 0 saturated heterocycles. The number of carbonyl (C=O) groups excluding carboxylic acids is 1. The Kier molecular flexibility index (Phi) is 4.11. The van der Waals surface area contributed by atoms with Crippen LogP contribution in [0, 0.1) is 18.7 Å². The Balaban J connectivity index is 1.80. The molecule has 28 heavy (non-hydrogen) atoms. The quantitative estimate of drug-likeness (QED) is 0.791. The topological polar surface area (TPSA) is 75.0 Å². The predicted octanol–water partition coefficient (Wildman–Crippen LogP) is 3.39. The van der Waals surface area contributed by atoms with Crippen molar-refractivity contribution in [2.24, 2.45) is 11.0 Å². The van der Waals surface area contributed by atoms with Gasteiger partial charge in [-0.3, -0.25) is 9.78 Å². The molecule has 0 spiro atoms. The molecule has 1 amide bonds. The minimum Gasteiger partial charge on any atom is -0.506 e. The van der Waals surface area contributed by atoms with Crippen LogP contribution in [-0.2, 0) is 16.1 Å². The SMILES string of the molecule is Cc1ncc2c(c1O)C(C1C(=O)N(c3ccc(F)cc3)N=C1C(F)(F)F)OC2. The fraction of sp³-hybridized carbons (Fsp3) is 0.278. The molecule has 0 bridgehead atoms. The summed E-state index contributed by atoms with van der Waals surface area (Å²) in [5.74, 6) is -3.70. The molecule has 2 aliphatic rings. The number of ether oxygens (including phenoxy) is 1. The standard InChI is InChI=1S/C18H13F4N3O3/c1-8-14(26)12-9(6-23-8)7-28-15(12)13-16(18(20,21)22)24-25(17(13)27)11-4-2-10(19)3-5-11/h2-6,13,15,26H,7H2,1H3. The summed E-state index contributed by atoms with van der Waals surface area (Å²) < 4.78 is 59.5. The maximum absolute atomic E-state index is 13.6. The zero-order chi connectivity index (χ0) is 20.2. The minimum atomic E-state index is -4.90. The molecule has 2 atom stereocenters. The fourth-order valence-corrected chi connectivity index (χ4v) is 3.35. The van der Waals surface area contributed by atoms with Crippen LogP contribution in [0.25, 0.3) is 0 Å². The number of carbonyl (C=O) groups is 1. The molecule has 4 rings (SSSR count). The highest BCUT2D eigenvalue weighted by atomic mass is 19.4. The Bertz CT molecular complexity index is 989. The molecule has 6 nitrogen and oxygen atoms in total. The van der Waals surface area contributed by atoms with Crippen molar-refractivity contribution in [1.82, 2.24) is 4.98 Å². The number of fused-ring (bicyclic) bond motifs is 1. The zero-order valence-corrected chi connectivity index (χ0v) is 14.4. The van der Waals surface area contributed by atoms with Crippen LogP contribution in [0.1, 0.15) is 22.9 Å². The highest BCUT2D eigenvalue weighted by Gasteiger charge is 2.55. The van der Waals surface area contributed by atoms with Gasteiger partial charge in [0.15, 0.2) is 5.71 Å². The van der Waals surface area contributed by atoms with Gasteiger partial charge in [-0.05, 0) is 31.2 Å². The van der Waals surface area contributed by atoms with Gasteiger partial charge in [0.25, 0.3) is 5.91 Å². The number of rotatable bonds is 2. The summed E-state index contributed by atoms with van der Waals surface area (Å²) in [6.45, 7) is 1.40. The van der Waals surface area contributed by atoms with Crippen LogP contribution in [0.4, 0.5) is 23.2 Å². The first-order valence-electron chi connectivity index (χ1n) is 8.22. The summed E-state index contributed by atoms with van der Waals surface area (Å²) in [6.07, 6.45) is -4.87. The number of aromatic nitrogens is 1. The lowest BCUT2D eigenvalue weighted by Gasteiger charge is -2.21. The number of hydrogen-bond acceptors (Lipinski definition) is 5. The van der Waals surface area contributed by atoms with Gasteiger partial charge in [0, 0.05) is 17.3 Å². The number of amides is 1. The van der Waals surface area contributed by atoms with Crippen LogP contribution < -0.4 is 5.01 Å². The summed E-state index contributed by atoms with van der Waals surface area (Å²) in [6, 6.07) is 4.34. The lowest BCUT2D eigenvalue weighted by molar-refractivity contribution is -0.125. The van der Waals surface area contributed by atoms with Crippen molar-refractivity contribution < 1.29 is 32.2 Å². The largest absolute Gasteiger partial charge is 0.506 e. The van der Waals surface area contributed by atoms with E-state index in [4.69, 9.17) is 4.74 Å². The van der Waals surface area contributed by atoms with E-state index in [9.17, 15) is 27.5 Å². The number of anilines is 1. The molecule has 1 aromatic carbocycles. The van der Waals surface area contributed by atoms with Gasteiger partial charge >= 0.3 is 6.18 Å². The van der Waals surface area contributed by atoms with Gasteiger partial charge in [-0.25, -0.2) is 4.39 Å². The summed E-state index contributed by atoms with van der Waals surface area (Å²) in [5.41, 5.74) is -0.635. The molecule has 2 unspecified atom stereocenters. The van der Waals surface area contributed by atoms with E-state index in [-0.39, 0.29) is 29.3 Å². The van der Waals surface area contributed by atoms with E-state index in [1.807, 2.05) is 0 Å². The number of aromatic hydroxyl groups is 1. The number of halogens is 4. The van der Waals surface area contributed by atoms with Crippen LogP contribution in [0.3, 0.4) is 0 Å². The van der Waals surface area contributed by atoms with E-state index in [0.29, 0.717) is 10.6 Å². The monoisotopic (exact) mass is 395 g/mol. The number of benzene rings is 1. The summed E-state index contributed by atoms with van der Waals surface area (Å²) in [7, 11) is 0. The second kappa shape index (κ2) is 6.26. The molecule has 1 N–H and O–H groups in total. The van der Waals surface area contributed by atoms with E-state index < -0.39 is 35.6 Å². The average molecular weight is 395 g/mol. The third kappa shape index (κ3) is 2.80. The lowest BCUT2D eigenvalue weighted by atomic mass is 9.89. The van der Waals surface area contributed by atoms with Crippen LogP contribution in [-0.4, -0.2) is 27.9 Å². The first-order chi connectivity index (χ1) is 13.2. The second-order valence-corrected chi connectivity index (χ2v) is 6.45. The summed E-state index contributed by atoms with van der Waals surface area (Å²) in [5, 5.41) is 14.4. The number of hydrazone groups is 1. The summed E-state index contributed by atoms with van der Waals surface area (Å²) in [4.78, 5) is 16.8. The van der Waals surface area contributed by atoms with Crippen molar-refractivity contribution in [3.8, 4) is 5.75 Å². The number of hydrogen-bond donors (Lipinski definition) is 1. The van der Waals surface area contributed by atoms with Crippen LogP contribution >= 0.6 is 0 Å². The third-order valence-electron chi connectivity index (χ3n) is 4.70. The second-order valence-electron chi connectivity index (χ2n) is 6.45. The highest BCUT2D eigenvalue weighted by Crippen LogP contribution is 2.47. The van der Waals surface area contributed by atoms with Gasteiger partial charge in [0.2, 0.25) is 0 Å². The van der Waals surface area contributed by atoms with E-state index in [1.54, 1.807) is 0 Å². The highest BCUT2D eigenvalue weighted by molar-refractivity contribution is 6.18. The van der Waals surface area contributed by atoms with Crippen molar-refractivity contribution in [3.63, 3.8) is 0 Å². The Morgan fingerprint density at radius 2 is 1.93 bits per heavy atom. The van der Waals surface area contributed by atoms with Gasteiger partial charge in [0.1, 0.15) is 23.6 Å². The van der Waals surface area contributed by atoms with E-state index in [1.165, 1.54) is 13.1 Å². The molecule has 0 aliphatic carbocycles. The molecule has 0 fully saturated rings. The van der Waals surface area contributed by atoms with Gasteiger partial charge in [-0.1, -0.05) is 0 Å². The first-order valence-corrected chi connectivity index (χ1v) is 8.22.